The van der Waals surface area contributed by atoms with E-state index in [-0.39, 0.29) is 38.6 Å². The largest absolute Gasteiger partial charge is 0.398 e. The molecule has 0 rings (SSSR count). The number of carbonyl (C=O) groups excluding carboxylic acids is 1. The fourth-order valence-corrected chi connectivity index (χ4v) is 0.459. The molecule has 2 nitrogen and oxygen atoms in total. The van der Waals surface area contributed by atoms with Crippen LogP contribution in [0.2, 0.25) is 0 Å². The van der Waals surface area contributed by atoms with Gasteiger partial charge in [0.05, 0.1) is 5.91 Å². The van der Waals surface area contributed by atoms with E-state index < -0.39 is 0 Å². The first-order chi connectivity index (χ1) is 4.72. The smallest absolute Gasteiger partial charge is 0.0798 e. The second kappa shape index (κ2) is 13.1. The van der Waals surface area contributed by atoms with Gasteiger partial charge in [0.15, 0.2) is 0 Å². The molecule has 0 N–H and O–H groups in total. The summed E-state index contributed by atoms with van der Waals surface area (Å²) < 4.78 is 0. The van der Waals surface area contributed by atoms with E-state index in [1.165, 1.54) is 0 Å². The van der Waals surface area contributed by atoms with Crippen LogP contribution in [0.5, 0.6) is 0 Å². The Balaban J connectivity index is -0.000000196. The summed E-state index contributed by atoms with van der Waals surface area (Å²) in [6, 6.07) is 0. The van der Waals surface area contributed by atoms with Crippen molar-refractivity contribution in [1.82, 2.24) is 4.90 Å². The molecule has 0 fully saturated rings. The monoisotopic (exact) mass is 232 g/mol. The molecule has 0 saturated carbocycles. The van der Waals surface area contributed by atoms with Crippen molar-refractivity contribution in [3.63, 3.8) is 0 Å². The molecule has 0 heterocycles. The summed E-state index contributed by atoms with van der Waals surface area (Å²) in [5.41, 5.74) is 0. The van der Waals surface area contributed by atoms with Crippen molar-refractivity contribution in [2.45, 2.75) is 20.8 Å². The van der Waals surface area contributed by atoms with Crippen molar-refractivity contribution in [3.8, 4) is 0 Å². The molecule has 1 amide bonds. The van der Waals surface area contributed by atoms with Gasteiger partial charge in [-0.2, -0.15) is 0 Å². The molecule has 3 heteroatoms. The summed E-state index contributed by atoms with van der Waals surface area (Å²) in [6.07, 6.45) is 0. The quantitative estimate of drug-likeness (QED) is 0.661. The Morgan fingerprint density at radius 2 is 1.82 bits per heavy atom. The zero-order valence-electron chi connectivity index (χ0n) is 7.76. The number of hydrogen-bond acceptors (Lipinski definition) is 1. The van der Waals surface area contributed by atoms with Gasteiger partial charge in [-0.1, -0.05) is 13.8 Å². The Bertz CT molecular complexity index is 82.2. The van der Waals surface area contributed by atoms with E-state index in [1.54, 1.807) is 4.90 Å². The van der Waals surface area contributed by atoms with E-state index in [1.807, 2.05) is 20.8 Å². The van der Waals surface area contributed by atoms with Gasteiger partial charge in [-0.05, 0) is 6.92 Å². The maximum atomic E-state index is 10.4. The molecule has 0 aromatic carbocycles. The number of nitrogens with zero attached hydrogens (tertiary/aromatic N) is 1. The maximum absolute atomic E-state index is 10.4. The Morgan fingerprint density at radius 1 is 1.45 bits per heavy atom. The molecule has 0 bridgehead atoms. The topological polar surface area (TPSA) is 20.3 Å². The summed E-state index contributed by atoms with van der Waals surface area (Å²) in [6.45, 7) is 13.9. The van der Waals surface area contributed by atoms with Crippen molar-refractivity contribution in [1.29, 1.82) is 0 Å². The second-order valence-electron chi connectivity index (χ2n) is 1.47. The average molecular weight is 232 g/mol. The van der Waals surface area contributed by atoms with Crippen LogP contribution in [0.4, 0.5) is 0 Å². The minimum absolute atomic E-state index is 0. The Labute approximate surface area is 95.6 Å². The molecular formula is C8H17NOY-2. The van der Waals surface area contributed by atoms with Crippen LogP contribution in [0.25, 0.3) is 0 Å². The van der Waals surface area contributed by atoms with Crippen molar-refractivity contribution in [3.05, 3.63) is 13.8 Å². The molecule has 0 unspecified atom stereocenters. The Morgan fingerprint density at radius 3 is 1.82 bits per heavy atom. The molecule has 0 atom stereocenters. The van der Waals surface area contributed by atoms with Gasteiger partial charge in [-0.15, -0.1) is 6.54 Å². The maximum Gasteiger partial charge on any atom is 0.0798 e. The third kappa shape index (κ3) is 10.4. The predicted molar refractivity (Wildman–Crippen MR) is 44.3 cm³/mol. The van der Waals surface area contributed by atoms with Crippen LogP contribution in [-0.2, 0) is 37.5 Å². The van der Waals surface area contributed by atoms with Gasteiger partial charge < -0.3 is 23.5 Å². The fourth-order valence-electron chi connectivity index (χ4n) is 0.459. The van der Waals surface area contributed by atoms with E-state index in [9.17, 15) is 4.79 Å². The minimum atomic E-state index is -0.150. The van der Waals surface area contributed by atoms with Crippen molar-refractivity contribution >= 4 is 5.91 Å². The first-order valence-electron chi connectivity index (χ1n) is 3.62. The molecule has 0 aromatic heterocycles. The molecule has 0 spiro atoms. The molecular weight excluding hydrogens is 215 g/mol. The van der Waals surface area contributed by atoms with E-state index in [4.69, 9.17) is 0 Å². The molecule has 0 aliphatic rings. The second-order valence-corrected chi connectivity index (χ2v) is 1.47. The Kier molecular flexibility index (Phi) is 20.8. The van der Waals surface area contributed by atoms with Crippen molar-refractivity contribution in [2.75, 3.05) is 13.1 Å². The zero-order valence-corrected chi connectivity index (χ0v) is 10.6. The molecule has 11 heavy (non-hydrogen) atoms. The normalized spacial score (nSPS) is 6.91. The third-order valence-corrected chi connectivity index (χ3v) is 1.00. The minimum Gasteiger partial charge on any atom is -0.398 e. The molecule has 0 aliphatic heterocycles. The van der Waals surface area contributed by atoms with Crippen LogP contribution in [0.1, 0.15) is 20.8 Å². The van der Waals surface area contributed by atoms with Crippen LogP contribution >= 0.6 is 0 Å². The van der Waals surface area contributed by atoms with Crippen molar-refractivity contribution < 1.29 is 37.5 Å². The van der Waals surface area contributed by atoms with Crippen molar-refractivity contribution in [2.24, 2.45) is 0 Å². The molecule has 1 radical (unpaired) electrons. The van der Waals surface area contributed by atoms with Gasteiger partial charge in [-0.25, -0.2) is 0 Å². The summed E-state index contributed by atoms with van der Waals surface area (Å²) in [4.78, 5) is 11.9. The molecule has 65 valence electrons. The summed E-state index contributed by atoms with van der Waals surface area (Å²) >= 11 is 0. The van der Waals surface area contributed by atoms with Gasteiger partial charge in [0.2, 0.25) is 0 Å². The first-order valence-corrected chi connectivity index (χ1v) is 3.62. The third-order valence-electron chi connectivity index (χ3n) is 1.00. The van der Waals surface area contributed by atoms with E-state index in [2.05, 4.69) is 13.8 Å². The van der Waals surface area contributed by atoms with Crippen LogP contribution in [-0.4, -0.2) is 23.9 Å². The number of hydrogen-bond donors (Lipinski definition) is 0. The van der Waals surface area contributed by atoms with E-state index in [0.29, 0.717) is 13.1 Å². The summed E-state index contributed by atoms with van der Waals surface area (Å²) in [5, 5.41) is 0. The predicted octanol–water partition coefficient (Wildman–Crippen LogP) is 1.53. The van der Waals surface area contributed by atoms with Gasteiger partial charge in [0.1, 0.15) is 0 Å². The van der Waals surface area contributed by atoms with Crippen LogP contribution in [0.3, 0.4) is 0 Å². The average Bonchev–Trinajstić information content (AvgIpc) is 1.94. The fraction of sp³-hybridized carbons (Fsp3) is 0.625. The zero-order chi connectivity index (χ0) is 8.57. The molecule has 0 aromatic rings. The Hall–Kier alpha value is 0.444. The van der Waals surface area contributed by atoms with Crippen LogP contribution in [0, 0.1) is 13.8 Å². The number of amides is 1. The standard InChI is InChI=1S/C6H11NO.C2H6.Y/c1-4-7(5-2)6(3)8;1-2;/h1,3-5H2,2H3;1-2H3;/q-2;;. The van der Waals surface area contributed by atoms with E-state index in [0.717, 1.165) is 0 Å². The van der Waals surface area contributed by atoms with Gasteiger partial charge in [-0.3, -0.25) is 0 Å². The van der Waals surface area contributed by atoms with Gasteiger partial charge >= 0.3 is 0 Å². The first kappa shape index (κ1) is 17.5. The van der Waals surface area contributed by atoms with Crippen LogP contribution < -0.4 is 0 Å². The molecule has 0 saturated heterocycles. The number of rotatable bonds is 2. The van der Waals surface area contributed by atoms with E-state index >= 15 is 0 Å². The van der Waals surface area contributed by atoms with Crippen LogP contribution in [0.15, 0.2) is 0 Å². The number of carbonyl (C=O) groups is 1. The van der Waals surface area contributed by atoms with Gasteiger partial charge in [0, 0.05) is 39.3 Å². The molecule has 0 aliphatic carbocycles. The van der Waals surface area contributed by atoms with Gasteiger partial charge in [0.25, 0.3) is 0 Å². The SMILES string of the molecule is CC.[CH2-]CN(CC)C([CH2-])=O.[Y]. The summed E-state index contributed by atoms with van der Waals surface area (Å²) in [5.74, 6) is -0.150. The summed E-state index contributed by atoms with van der Waals surface area (Å²) in [7, 11) is 0.